The van der Waals surface area contributed by atoms with E-state index in [-0.39, 0.29) is 36.6 Å². The first-order valence-electron chi connectivity index (χ1n) is 8.82. The van der Waals surface area contributed by atoms with Crippen LogP contribution in [0.4, 0.5) is 0 Å². The van der Waals surface area contributed by atoms with Crippen LogP contribution >= 0.6 is 0 Å². The van der Waals surface area contributed by atoms with Crippen LogP contribution in [0.25, 0.3) is 0 Å². The Labute approximate surface area is 166 Å². The van der Waals surface area contributed by atoms with Crippen LogP contribution < -0.4 is 5.32 Å². The van der Waals surface area contributed by atoms with Crippen molar-refractivity contribution in [1.29, 1.82) is 0 Å². The second-order valence-corrected chi connectivity index (χ2v) is 8.27. The van der Waals surface area contributed by atoms with Crippen LogP contribution in [0, 0.1) is 5.92 Å². The van der Waals surface area contributed by atoms with Crippen LogP contribution in [-0.2, 0) is 24.3 Å². The number of carbonyl (C=O) groups excluding carboxylic acids is 3. The molecule has 2 aromatic rings. The third-order valence-electron chi connectivity index (χ3n) is 4.40. The van der Waals surface area contributed by atoms with Crippen molar-refractivity contribution in [3.63, 3.8) is 0 Å². The monoisotopic (exact) mass is 421 g/mol. The minimum atomic E-state index is -3.66. The van der Waals surface area contributed by atoms with Gasteiger partial charge in [-0.25, -0.2) is 8.42 Å². The first-order chi connectivity index (χ1) is 13.9. The summed E-state index contributed by atoms with van der Waals surface area (Å²) in [7, 11) is -3.66. The fraction of sp³-hybridized carbons (Fsp3) is 0.333. The molecular formula is C18H19N3O7S. The van der Waals surface area contributed by atoms with Gasteiger partial charge in [-0.1, -0.05) is 0 Å². The Bertz CT molecular complexity index is 966. The van der Waals surface area contributed by atoms with E-state index in [4.69, 9.17) is 9.15 Å². The number of amides is 2. The van der Waals surface area contributed by atoms with Gasteiger partial charge in [-0.05, 0) is 37.1 Å². The number of piperidine rings is 1. The quantitative estimate of drug-likeness (QED) is 0.669. The van der Waals surface area contributed by atoms with E-state index in [1.807, 2.05) is 5.32 Å². The first-order valence-corrected chi connectivity index (χ1v) is 10.3. The van der Waals surface area contributed by atoms with Gasteiger partial charge in [0, 0.05) is 25.5 Å². The van der Waals surface area contributed by atoms with E-state index in [0.29, 0.717) is 0 Å². The normalized spacial score (nSPS) is 15.6. The predicted molar refractivity (Wildman–Crippen MR) is 97.9 cm³/mol. The summed E-state index contributed by atoms with van der Waals surface area (Å²) in [5.41, 5.74) is 0. The molecule has 1 fully saturated rings. The van der Waals surface area contributed by atoms with Crippen molar-refractivity contribution in [3.8, 4) is 0 Å². The van der Waals surface area contributed by atoms with Gasteiger partial charge in [-0.2, -0.15) is 4.31 Å². The molecule has 0 unspecified atom stereocenters. The maximum atomic E-state index is 12.6. The van der Waals surface area contributed by atoms with E-state index in [0.717, 1.165) is 0 Å². The molecule has 0 spiro atoms. The number of nitrogens with zero attached hydrogens (tertiary/aromatic N) is 2. The van der Waals surface area contributed by atoms with E-state index in [1.54, 1.807) is 6.07 Å². The van der Waals surface area contributed by atoms with Crippen molar-refractivity contribution in [2.75, 3.05) is 19.7 Å². The average molecular weight is 421 g/mol. The molecule has 0 aliphatic carbocycles. The number of esters is 1. The van der Waals surface area contributed by atoms with Gasteiger partial charge in [0.05, 0.1) is 12.2 Å². The van der Waals surface area contributed by atoms with Gasteiger partial charge in [0.25, 0.3) is 11.8 Å². The van der Waals surface area contributed by atoms with Gasteiger partial charge in [0.1, 0.15) is 4.90 Å². The maximum Gasteiger partial charge on any atom is 0.309 e. The van der Waals surface area contributed by atoms with Gasteiger partial charge in [0.15, 0.2) is 12.4 Å². The van der Waals surface area contributed by atoms with Gasteiger partial charge >= 0.3 is 5.97 Å². The molecule has 3 heterocycles. The molecule has 1 aliphatic heterocycles. The van der Waals surface area contributed by atoms with E-state index < -0.39 is 40.3 Å². The summed E-state index contributed by atoms with van der Waals surface area (Å²) in [4.78, 5) is 39.5. The van der Waals surface area contributed by atoms with Gasteiger partial charge in [0.2, 0.25) is 10.0 Å². The molecule has 0 aromatic carbocycles. The highest BCUT2D eigenvalue weighted by Gasteiger charge is 2.33. The molecule has 0 radical (unpaired) electrons. The van der Waals surface area contributed by atoms with Crippen LogP contribution in [0.2, 0.25) is 0 Å². The lowest BCUT2D eigenvalue weighted by atomic mass is 9.98. The Morgan fingerprint density at radius 3 is 2.59 bits per heavy atom. The molecule has 3 rings (SSSR count). The summed E-state index contributed by atoms with van der Waals surface area (Å²) in [5.74, 6) is -2.68. The smallest absolute Gasteiger partial charge is 0.309 e. The summed E-state index contributed by atoms with van der Waals surface area (Å²) in [6, 6.07) is 5.90. The zero-order valence-electron chi connectivity index (χ0n) is 15.3. The molecule has 29 heavy (non-hydrogen) atoms. The number of carbonyl (C=O) groups is 3. The average Bonchev–Trinajstić information content (AvgIpc) is 3.28. The number of rotatable bonds is 6. The minimum absolute atomic E-state index is 0.0353. The third kappa shape index (κ3) is 5.06. The van der Waals surface area contributed by atoms with Crippen molar-refractivity contribution >= 4 is 27.8 Å². The number of furan rings is 1. The summed E-state index contributed by atoms with van der Waals surface area (Å²) in [5, 5.41) is 2.04. The number of hydrogen-bond donors (Lipinski definition) is 1. The van der Waals surface area contributed by atoms with E-state index in [1.165, 1.54) is 41.2 Å². The highest BCUT2D eigenvalue weighted by Crippen LogP contribution is 2.24. The van der Waals surface area contributed by atoms with Crippen molar-refractivity contribution in [3.05, 3.63) is 48.7 Å². The number of nitrogens with one attached hydrogen (secondary N) is 1. The Morgan fingerprint density at radius 2 is 1.97 bits per heavy atom. The standard InChI is InChI=1S/C18H19N3O7S/c22-16(20-17(23)15-4-2-10-27-15)12-28-18(24)13-5-8-21(9-6-13)29(25,26)14-3-1-7-19-11-14/h1-4,7,10-11,13H,5-6,8-9,12H2,(H,20,22,23). The summed E-state index contributed by atoms with van der Waals surface area (Å²) in [6.07, 6.45) is 4.59. The van der Waals surface area contributed by atoms with E-state index in [9.17, 15) is 22.8 Å². The first kappa shape index (κ1) is 20.7. The molecule has 11 heteroatoms. The van der Waals surface area contributed by atoms with Crippen molar-refractivity contribution in [2.45, 2.75) is 17.7 Å². The molecule has 10 nitrogen and oxygen atoms in total. The molecular weight excluding hydrogens is 402 g/mol. The lowest BCUT2D eigenvalue weighted by molar-refractivity contribution is -0.153. The third-order valence-corrected chi connectivity index (χ3v) is 6.29. The fourth-order valence-corrected chi connectivity index (χ4v) is 4.30. The molecule has 154 valence electrons. The fourth-order valence-electron chi connectivity index (χ4n) is 2.87. The predicted octanol–water partition coefficient (Wildman–Crippen LogP) is 0.575. The zero-order chi connectivity index (χ0) is 20.9. The Morgan fingerprint density at radius 1 is 1.21 bits per heavy atom. The number of pyridine rings is 1. The van der Waals surface area contributed by atoms with E-state index >= 15 is 0 Å². The lowest BCUT2D eigenvalue weighted by Crippen LogP contribution is -2.41. The topological polar surface area (TPSA) is 136 Å². The SMILES string of the molecule is O=C(COC(=O)C1CCN(S(=O)(=O)c2cccnc2)CC1)NC(=O)c1ccco1. The maximum absolute atomic E-state index is 12.6. The molecule has 0 bridgehead atoms. The van der Waals surface area contributed by atoms with Crippen molar-refractivity contribution in [2.24, 2.45) is 5.92 Å². The van der Waals surface area contributed by atoms with Gasteiger partial charge < -0.3 is 9.15 Å². The van der Waals surface area contributed by atoms with Crippen LogP contribution in [0.5, 0.6) is 0 Å². The highest BCUT2D eigenvalue weighted by atomic mass is 32.2. The zero-order valence-corrected chi connectivity index (χ0v) is 16.1. The summed E-state index contributed by atoms with van der Waals surface area (Å²) in [6.45, 7) is -0.306. The van der Waals surface area contributed by atoms with Gasteiger partial charge in [-0.15, -0.1) is 0 Å². The molecule has 0 atom stereocenters. The number of aromatic nitrogens is 1. The number of hydrogen-bond acceptors (Lipinski definition) is 8. The number of sulfonamides is 1. The molecule has 2 aromatic heterocycles. The molecule has 1 aliphatic rings. The number of imide groups is 1. The number of ether oxygens (including phenoxy) is 1. The van der Waals surface area contributed by atoms with Crippen LogP contribution in [0.15, 0.2) is 52.2 Å². The minimum Gasteiger partial charge on any atom is -0.459 e. The van der Waals surface area contributed by atoms with Gasteiger partial charge in [-0.3, -0.25) is 24.7 Å². The highest BCUT2D eigenvalue weighted by molar-refractivity contribution is 7.89. The summed E-state index contributed by atoms with van der Waals surface area (Å²) < 4.78 is 36.2. The second-order valence-electron chi connectivity index (χ2n) is 6.33. The molecule has 1 saturated heterocycles. The Hall–Kier alpha value is -3.05. The molecule has 2 amide bonds. The van der Waals surface area contributed by atoms with Crippen LogP contribution in [-0.4, -0.2) is 55.2 Å². The van der Waals surface area contributed by atoms with Crippen LogP contribution in [0.1, 0.15) is 23.4 Å². The Balaban J connectivity index is 1.45. The van der Waals surface area contributed by atoms with E-state index in [2.05, 4.69) is 4.98 Å². The lowest BCUT2D eigenvalue weighted by Gasteiger charge is -2.29. The largest absolute Gasteiger partial charge is 0.459 e. The van der Waals surface area contributed by atoms with Crippen molar-refractivity contribution < 1.29 is 32.0 Å². The molecule has 1 N–H and O–H groups in total. The Kier molecular flexibility index (Phi) is 6.39. The molecule has 0 saturated carbocycles. The van der Waals surface area contributed by atoms with Crippen molar-refractivity contribution in [1.82, 2.24) is 14.6 Å². The second kappa shape index (κ2) is 8.97. The summed E-state index contributed by atoms with van der Waals surface area (Å²) >= 11 is 0. The van der Waals surface area contributed by atoms with Crippen LogP contribution in [0.3, 0.4) is 0 Å².